The largest absolute Gasteiger partial charge is 0.0713 e. The zero-order valence-corrected chi connectivity index (χ0v) is 18.1. The molecule has 1 aliphatic rings. The van der Waals surface area contributed by atoms with Crippen LogP contribution in [0.3, 0.4) is 0 Å². The minimum atomic E-state index is -0.325. The Labute approximate surface area is 189 Å². The molecule has 0 spiro atoms. The third-order valence-corrected chi connectivity index (χ3v) is 6.89. The highest BCUT2D eigenvalue weighted by molar-refractivity contribution is 5.90. The van der Waals surface area contributed by atoms with Crippen LogP contribution >= 0.6 is 0 Å². The van der Waals surface area contributed by atoms with Gasteiger partial charge in [0.05, 0.1) is 5.41 Å². The van der Waals surface area contributed by atoms with Gasteiger partial charge in [-0.25, -0.2) is 0 Å². The Hall–Kier alpha value is -3.90. The summed E-state index contributed by atoms with van der Waals surface area (Å²) in [5.41, 5.74) is 11.6. The second-order valence-electron chi connectivity index (χ2n) is 8.61. The Balaban J connectivity index is 1.74. The van der Waals surface area contributed by atoms with Crippen LogP contribution in [0.2, 0.25) is 0 Å². The third-order valence-electron chi connectivity index (χ3n) is 6.89. The lowest BCUT2D eigenvalue weighted by Gasteiger charge is -2.34. The summed E-state index contributed by atoms with van der Waals surface area (Å²) in [7, 11) is 0. The van der Waals surface area contributed by atoms with Gasteiger partial charge in [-0.15, -0.1) is 0 Å². The fraction of sp³-hybridized carbons (Fsp3) is 0.0625. The van der Waals surface area contributed by atoms with E-state index >= 15 is 0 Å². The van der Waals surface area contributed by atoms with Gasteiger partial charge < -0.3 is 0 Å². The van der Waals surface area contributed by atoms with Crippen LogP contribution in [-0.2, 0) is 5.41 Å². The molecule has 0 heterocycles. The first-order valence-electron chi connectivity index (χ1n) is 11.2. The lowest BCUT2D eigenvalue weighted by Crippen LogP contribution is -2.28. The fourth-order valence-electron chi connectivity index (χ4n) is 5.54. The Morgan fingerprint density at radius 2 is 1.06 bits per heavy atom. The molecule has 0 radical (unpaired) electrons. The summed E-state index contributed by atoms with van der Waals surface area (Å²) in [6.07, 6.45) is 0. The fourth-order valence-corrected chi connectivity index (χ4v) is 5.54. The van der Waals surface area contributed by atoms with Crippen molar-refractivity contribution in [3.05, 3.63) is 155 Å². The Bertz CT molecular complexity index is 1360. The molecule has 6 rings (SSSR count). The molecule has 0 nitrogen and oxygen atoms in total. The number of hydrogen-bond acceptors (Lipinski definition) is 0. The van der Waals surface area contributed by atoms with Crippen molar-refractivity contribution in [3.8, 4) is 22.3 Å². The molecule has 32 heavy (non-hydrogen) atoms. The van der Waals surface area contributed by atoms with Crippen LogP contribution in [0.1, 0.15) is 27.8 Å². The van der Waals surface area contributed by atoms with E-state index in [0.29, 0.717) is 0 Å². The van der Waals surface area contributed by atoms with E-state index in [2.05, 4.69) is 134 Å². The lowest BCUT2D eigenvalue weighted by molar-refractivity contribution is 0.768. The maximum Gasteiger partial charge on any atom is 0.0713 e. The molecule has 0 heteroatoms. The average Bonchev–Trinajstić information content (AvgIpc) is 3.17. The van der Waals surface area contributed by atoms with Gasteiger partial charge in [0.15, 0.2) is 0 Å². The van der Waals surface area contributed by atoms with Crippen molar-refractivity contribution in [3.63, 3.8) is 0 Å². The minimum absolute atomic E-state index is 0.325. The van der Waals surface area contributed by atoms with Gasteiger partial charge in [0, 0.05) is 0 Å². The van der Waals surface area contributed by atoms with E-state index in [4.69, 9.17) is 0 Å². The number of rotatable bonds is 3. The Kier molecular flexibility index (Phi) is 4.33. The number of aryl methyl sites for hydroxylation is 1. The molecule has 5 aromatic carbocycles. The molecule has 5 aromatic rings. The summed E-state index contributed by atoms with van der Waals surface area (Å²) < 4.78 is 0. The van der Waals surface area contributed by atoms with Crippen molar-refractivity contribution in [1.29, 1.82) is 0 Å². The molecular formula is C32H24. The molecule has 0 aliphatic heterocycles. The van der Waals surface area contributed by atoms with Crippen LogP contribution in [0.5, 0.6) is 0 Å². The molecule has 0 amide bonds. The molecule has 0 bridgehead atoms. The number of fused-ring (bicyclic) bond motifs is 3. The molecule has 0 atom stereocenters. The molecule has 0 aromatic heterocycles. The molecule has 0 fully saturated rings. The normalized spacial score (nSPS) is 13.4. The number of benzene rings is 5. The molecule has 0 saturated carbocycles. The molecule has 0 N–H and O–H groups in total. The van der Waals surface area contributed by atoms with Crippen LogP contribution in [0.25, 0.3) is 22.3 Å². The van der Waals surface area contributed by atoms with Gasteiger partial charge in [-0.1, -0.05) is 121 Å². The highest BCUT2D eigenvalue weighted by Crippen LogP contribution is 2.57. The smallest absolute Gasteiger partial charge is 0.0622 e. The topological polar surface area (TPSA) is 0 Å². The molecule has 152 valence electrons. The van der Waals surface area contributed by atoms with Crippen LogP contribution in [0, 0.1) is 6.92 Å². The van der Waals surface area contributed by atoms with Crippen LogP contribution in [0.15, 0.2) is 127 Å². The maximum atomic E-state index is 2.39. The summed E-state index contributed by atoms with van der Waals surface area (Å²) in [5, 5.41) is 0. The van der Waals surface area contributed by atoms with Crippen molar-refractivity contribution >= 4 is 0 Å². The van der Waals surface area contributed by atoms with Crippen LogP contribution < -0.4 is 0 Å². The van der Waals surface area contributed by atoms with E-state index in [0.717, 1.165) is 0 Å². The van der Waals surface area contributed by atoms with Crippen LogP contribution in [0.4, 0.5) is 0 Å². The van der Waals surface area contributed by atoms with Gasteiger partial charge in [-0.05, 0) is 63.1 Å². The van der Waals surface area contributed by atoms with Crippen LogP contribution in [-0.4, -0.2) is 0 Å². The second kappa shape index (κ2) is 7.35. The van der Waals surface area contributed by atoms with Crippen molar-refractivity contribution in [2.45, 2.75) is 12.3 Å². The minimum Gasteiger partial charge on any atom is -0.0622 e. The molecular weight excluding hydrogens is 384 g/mol. The molecule has 1 aliphatic carbocycles. The quantitative estimate of drug-likeness (QED) is 0.278. The van der Waals surface area contributed by atoms with E-state index in [-0.39, 0.29) is 5.41 Å². The van der Waals surface area contributed by atoms with Crippen molar-refractivity contribution in [1.82, 2.24) is 0 Å². The zero-order valence-electron chi connectivity index (χ0n) is 18.1. The highest BCUT2D eigenvalue weighted by atomic mass is 14.5. The second-order valence-corrected chi connectivity index (χ2v) is 8.61. The monoisotopic (exact) mass is 408 g/mol. The maximum absolute atomic E-state index is 2.39. The van der Waals surface area contributed by atoms with E-state index < -0.39 is 0 Å². The highest BCUT2D eigenvalue weighted by Gasteiger charge is 2.46. The Morgan fingerprint density at radius 1 is 0.469 bits per heavy atom. The van der Waals surface area contributed by atoms with Gasteiger partial charge in [-0.2, -0.15) is 0 Å². The first-order valence-corrected chi connectivity index (χ1v) is 11.2. The zero-order chi connectivity index (χ0) is 21.5. The lowest BCUT2D eigenvalue weighted by atomic mass is 9.67. The van der Waals surface area contributed by atoms with Gasteiger partial charge in [-0.3, -0.25) is 0 Å². The van der Waals surface area contributed by atoms with E-state index in [1.807, 2.05) is 0 Å². The summed E-state index contributed by atoms with van der Waals surface area (Å²) in [5.74, 6) is 0. The Morgan fingerprint density at radius 3 is 1.69 bits per heavy atom. The summed E-state index contributed by atoms with van der Waals surface area (Å²) in [4.78, 5) is 0. The van der Waals surface area contributed by atoms with E-state index in [9.17, 15) is 0 Å². The number of hydrogen-bond donors (Lipinski definition) is 0. The van der Waals surface area contributed by atoms with Crippen molar-refractivity contribution < 1.29 is 0 Å². The first kappa shape index (κ1) is 18.8. The summed E-state index contributed by atoms with van der Waals surface area (Å²) in [6, 6.07) is 46.4. The first-order chi connectivity index (χ1) is 15.8. The molecule has 0 unspecified atom stereocenters. The summed E-state index contributed by atoms with van der Waals surface area (Å²) in [6.45, 7) is 2.24. The average molecular weight is 409 g/mol. The van der Waals surface area contributed by atoms with Gasteiger partial charge in [0.25, 0.3) is 0 Å². The third kappa shape index (κ3) is 2.63. The van der Waals surface area contributed by atoms with E-state index in [1.54, 1.807) is 0 Å². The predicted molar refractivity (Wildman–Crippen MR) is 134 cm³/mol. The van der Waals surface area contributed by atoms with E-state index in [1.165, 1.54) is 50.1 Å². The van der Waals surface area contributed by atoms with Crippen molar-refractivity contribution in [2.24, 2.45) is 0 Å². The van der Waals surface area contributed by atoms with Gasteiger partial charge in [0.1, 0.15) is 0 Å². The molecule has 0 saturated heterocycles. The van der Waals surface area contributed by atoms with Gasteiger partial charge in [0.2, 0.25) is 0 Å². The SMILES string of the molecule is Cc1cccc2c1-c1cc(-c3ccccc3)ccc1C2(c1ccccc1)c1ccccc1. The standard InChI is InChI=1S/C32H24/c1-23-12-11-19-30-31(23)28-22-25(24-13-5-2-6-14-24)20-21-29(28)32(30,26-15-7-3-8-16-26)27-17-9-4-10-18-27/h2-22H,1H3. The van der Waals surface area contributed by atoms with Crippen molar-refractivity contribution in [2.75, 3.05) is 0 Å². The summed E-state index contributed by atoms with van der Waals surface area (Å²) >= 11 is 0. The predicted octanol–water partition coefficient (Wildman–Crippen LogP) is 8.03. The van der Waals surface area contributed by atoms with Gasteiger partial charge >= 0.3 is 0 Å².